The normalized spacial score (nSPS) is 16.9. The van der Waals surface area contributed by atoms with Gasteiger partial charge in [-0.25, -0.2) is 0 Å². The summed E-state index contributed by atoms with van der Waals surface area (Å²) in [5.41, 5.74) is 8.13. The van der Waals surface area contributed by atoms with Gasteiger partial charge in [-0.2, -0.15) is 0 Å². The number of likely N-dealkylation sites (N-methyl/N-ethyl adjacent to an activating group) is 1. The van der Waals surface area contributed by atoms with Gasteiger partial charge < -0.3 is 10.5 Å². The monoisotopic (exact) mass is 263 g/mol. The highest BCUT2D eigenvalue weighted by molar-refractivity contribution is 5.46. The molecule has 1 aliphatic heterocycles. The van der Waals surface area contributed by atoms with E-state index in [9.17, 15) is 0 Å². The van der Waals surface area contributed by atoms with Gasteiger partial charge in [-0.3, -0.25) is 9.80 Å². The van der Waals surface area contributed by atoms with Crippen molar-refractivity contribution in [3.05, 3.63) is 29.8 Å². The molecule has 2 rings (SSSR count). The molecule has 19 heavy (non-hydrogen) atoms. The minimum absolute atomic E-state index is 0.873. The lowest BCUT2D eigenvalue weighted by Gasteiger charge is -2.29. The van der Waals surface area contributed by atoms with Gasteiger partial charge in [-0.15, -0.1) is 0 Å². The van der Waals surface area contributed by atoms with Gasteiger partial charge in [0.25, 0.3) is 0 Å². The van der Waals surface area contributed by atoms with E-state index in [2.05, 4.69) is 28.9 Å². The van der Waals surface area contributed by atoms with Crippen molar-refractivity contribution < 1.29 is 4.74 Å². The Hall–Kier alpha value is -1.10. The zero-order valence-electron chi connectivity index (χ0n) is 11.8. The minimum atomic E-state index is 0.873. The van der Waals surface area contributed by atoms with Crippen molar-refractivity contribution in [1.82, 2.24) is 9.80 Å². The molecular formula is C15H25N3O. The number of benzene rings is 1. The highest BCUT2D eigenvalue weighted by Gasteiger charge is 2.12. The third-order valence-corrected chi connectivity index (χ3v) is 3.73. The van der Waals surface area contributed by atoms with E-state index in [1.165, 1.54) is 5.56 Å². The molecule has 1 aliphatic rings. The number of ether oxygens (including phenoxy) is 1. The Morgan fingerprint density at radius 3 is 2.68 bits per heavy atom. The molecule has 1 aromatic rings. The maximum atomic E-state index is 6.01. The Bertz CT molecular complexity index is 377. The predicted molar refractivity (Wildman–Crippen MR) is 79.1 cm³/mol. The van der Waals surface area contributed by atoms with E-state index in [-0.39, 0.29) is 0 Å². The first kappa shape index (κ1) is 14.3. The lowest BCUT2D eigenvalue weighted by Crippen LogP contribution is -2.41. The molecule has 1 aromatic carbocycles. The molecule has 106 valence electrons. The van der Waals surface area contributed by atoms with E-state index >= 15 is 0 Å². The zero-order chi connectivity index (χ0) is 13.5. The van der Waals surface area contributed by atoms with Gasteiger partial charge in [0, 0.05) is 38.4 Å². The van der Waals surface area contributed by atoms with E-state index in [0.29, 0.717) is 0 Å². The van der Waals surface area contributed by atoms with Crippen LogP contribution in [0.4, 0.5) is 5.69 Å². The number of hydrogen-bond acceptors (Lipinski definition) is 4. The maximum absolute atomic E-state index is 6.01. The Kier molecular flexibility index (Phi) is 5.63. The molecule has 0 aromatic heterocycles. The van der Waals surface area contributed by atoms with Gasteiger partial charge in [-0.1, -0.05) is 25.1 Å². The first-order valence-electron chi connectivity index (χ1n) is 7.15. The van der Waals surface area contributed by atoms with Crippen LogP contribution < -0.4 is 5.73 Å². The van der Waals surface area contributed by atoms with Crippen LogP contribution in [-0.2, 0) is 11.3 Å². The Balaban J connectivity index is 1.81. The van der Waals surface area contributed by atoms with E-state index in [4.69, 9.17) is 10.5 Å². The summed E-state index contributed by atoms with van der Waals surface area (Å²) in [7, 11) is 0. The second-order valence-corrected chi connectivity index (χ2v) is 5.02. The highest BCUT2D eigenvalue weighted by Crippen LogP contribution is 2.13. The van der Waals surface area contributed by atoms with Crippen molar-refractivity contribution in [2.24, 2.45) is 0 Å². The predicted octanol–water partition coefficient (Wildman–Crippen LogP) is 1.42. The summed E-state index contributed by atoms with van der Waals surface area (Å²) < 4.78 is 5.37. The van der Waals surface area contributed by atoms with E-state index in [0.717, 1.165) is 58.2 Å². The fraction of sp³-hybridized carbons (Fsp3) is 0.600. The summed E-state index contributed by atoms with van der Waals surface area (Å²) in [6.45, 7) is 10.3. The molecule has 4 nitrogen and oxygen atoms in total. The molecule has 0 saturated carbocycles. The van der Waals surface area contributed by atoms with Crippen LogP contribution in [0.15, 0.2) is 24.3 Å². The number of hydrogen-bond donors (Lipinski definition) is 1. The molecule has 0 bridgehead atoms. The van der Waals surface area contributed by atoms with Gasteiger partial charge in [-0.05, 0) is 18.2 Å². The number of morpholine rings is 1. The van der Waals surface area contributed by atoms with Crippen LogP contribution in [0.5, 0.6) is 0 Å². The van der Waals surface area contributed by atoms with Gasteiger partial charge in [0.15, 0.2) is 0 Å². The second kappa shape index (κ2) is 7.48. The quantitative estimate of drug-likeness (QED) is 0.788. The number of nitrogens with two attached hydrogens (primary N) is 1. The molecule has 4 heteroatoms. The van der Waals surface area contributed by atoms with E-state index in [1.54, 1.807) is 0 Å². The third kappa shape index (κ3) is 4.49. The SMILES string of the molecule is CCN(CCN1CCOCC1)Cc1ccccc1N. The smallest absolute Gasteiger partial charge is 0.0594 e. The molecule has 1 fully saturated rings. The molecule has 2 N–H and O–H groups in total. The Morgan fingerprint density at radius 1 is 1.26 bits per heavy atom. The molecule has 0 radical (unpaired) electrons. The first-order valence-corrected chi connectivity index (χ1v) is 7.15. The molecule has 0 aliphatic carbocycles. The number of para-hydroxylation sites is 1. The Labute approximate surface area is 116 Å². The van der Waals surface area contributed by atoms with Crippen LogP contribution in [0.2, 0.25) is 0 Å². The summed E-state index contributed by atoms with van der Waals surface area (Å²) in [5.74, 6) is 0. The summed E-state index contributed by atoms with van der Waals surface area (Å²) in [4.78, 5) is 4.92. The van der Waals surface area contributed by atoms with Crippen molar-refractivity contribution >= 4 is 5.69 Å². The van der Waals surface area contributed by atoms with Crippen LogP contribution in [0, 0.1) is 0 Å². The van der Waals surface area contributed by atoms with Crippen molar-refractivity contribution in [1.29, 1.82) is 0 Å². The van der Waals surface area contributed by atoms with E-state index in [1.807, 2.05) is 12.1 Å². The van der Waals surface area contributed by atoms with Gasteiger partial charge in [0.1, 0.15) is 0 Å². The topological polar surface area (TPSA) is 41.7 Å². The average molecular weight is 263 g/mol. The average Bonchev–Trinajstić information content (AvgIpc) is 2.46. The van der Waals surface area contributed by atoms with Gasteiger partial charge >= 0.3 is 0 Å². The van der Waals surface area contributed by atoms with Crippen LogP contribution in [0.25, 0.3) is 0 Å². The molecule has 0 atom stereocenters. The van der Waals surface area contributed by atoms with E-state index < -0.39 is 0 Å². The number of anilines is 1. The largest absolute Gasteiger partial charge is 0.398 e. The summed E-state index contributed by atoms with van der Waals surface area (Å²) in [6, 6.07) is 8.14. The van der Waals surface area contributed by atoms with Crippen molar-refractivity contribution in [2.45, 2.75) is 13.5 Å². The van der Waals surface area contributed by atoms with Gasteiger partial charge in [0.05, 0.1) is 13.2 Å². The fourth-order valence-electron chi connectivity index (χ4n) is 2.38. The summed E-state index contributed by atoms with van der Waals surface area (Å²) in [6.07, 6.45) is 0. The summed E-state index contributed by atoms with van der Waals surface area (Å²) in [5, 5.41) is 0. The van der Waals surface area contributed by atoms with Crippen molar-refractivity contribution in [2.75, 3.05) is 51.7 Å². The van der Waals surface area contributed by atoms with Crippen LogP contribution in [-0.4, -0.2) is 55.7 Å². The van der Waals surface area contributed by atoms with Crippen LogP contribution >= 0.6 is 0 Å². The minimum Gasteiger partial charge on any atom is -0.398 e. The number of rotatable bonds is 6. The third-order valence-electron chi connectivity index (χ3n) is 3.73. The Morgan fingerprint density at radius 2 is 2.00 bits per heavy atom. The first-order chi connectivity index (χ1) is 9.29. The van der Waals surface area contributed by atoms with Crippen LogP contribution in [0.3, 0.4) is 0 Å². The van der Waals surface area contributed by atoms with Crippen molar-refractivity contribution in [3.8, 4) is 0 Å². The molecular weight excluding hydrogens is 238 g/mol. The zero-order valence-corrected chi connectivity index (χ0v) is 11.8. The molecule has 0 spiro atoms. The fourth-order valence-corrected chi connectivity index (χ4v) is 2.38. The molecule has 0 amide bonds. The van der Waals surface area contributed by atoms with Crippen molar-refractivity contribution in [3.63, 3.8) is 0 Å². The molecule has 1 heterocycles. The lowest BCUT2D eigenvalue weighted by atomic mass is 10.1. The molecule has 1 saturated heterocycles. The summed E-state index contributed by atoms with van der Waals surface area (Å²) >= 11 is 0. The standard InChI is InChI=1S/C15H25N3O/c1-2-17(7-8-18-9-11-19-12-10-18)13-14-5-3-4-6-15(14)16/h3-6H,2,7-13,16H2,1H3. The lowest BCUT2D eigenvalue weighted by molar-refractivity contribution is 0.0332. The van der Waals surface area contributed by atoms with Crippen LogP contribution in [0.1, 0.15) is 12.5 Å². The maximum Gasteiger partial charge on any atom is 0.0594 e. The second-order valence-electron chi connectivity index (χ2n) is 5.02. The molecule has 0 unspecified atom stereocenters. The van der Waals surface area contributed by atoms with Gasteiger partial charge in [0.2, 0.25) is 0 Å². The number of nitrogen functional groups attached to an aromatic ring is 1. The number of nitrogens with zero attached hydrogens (tertiary/aromatic N) is 2. The highest BCUT2D eigenvalue weighted by atomic mass is 16.5.